The van der Waals surface area contributed by atoms with E-state index in [9.17, 15) is 13.2 Å². The highest BCUT2D eigenvalue weighted by molar-refractivity contribution is 5.70. The predicted molar refractivity (Wildman–Crippen MR) is 109 cm³/mol. The molecule has 0 saturated carbocycles. The second kappa shape index (κ2) is 9.00. The predicted octanol–water partition coefficient (Wildman–Crippen LogP) is 4.81. The number of nitrogens with zero attached hydrogens (tertiary/aromatic N) is 2. The van der Waals surface area contributed by atoms with E-state index in [1.54, 1.807) is 12.1 Å². The number of aliphatic hydroxyl groups excluding tert-OH is 1. The van der Waals surface area contributed by atoms with Crippen LogP contribution in [0.15, 0.2) is 48.5 Å². The minimum atomic E-state index is -4.78. The van der Waals surface area contributed by atoms with E-state index in [0.717, 1.165) is 16.8 Å². The van der Waals surface area contributed by atoms with Crippen molar-refractivity contribution in [3.63, 3.8) is 0 Å². The molecule has 0 spiro atoms. The highest BCUT2D eigenvalue weighted by Crippen LogP contribution is 2.30. The summed E-state index contributed by atoms with van der Waals surface area (Å²) in [5.74, 6) is 0.352. The van der Waals surface area contributed by atoms with E-state index < -0.39 is 6.36 Å². The van der Waals surface area contributed by atoms with Gasteiger partial charge in [-0.05, 0) is 37.1 Å². The number of ether oxygens (including phenoxy) is 1. The van der Waals surface area contributed by atoms with Crippen molar-refractivity contribution in [2.24, 2.45) is 0 Å². The Morgan fingerprint density at radius 3 is 2.37 bits per heavy atom. The van der Waals surface area contributed by atoms with Crippen LogP contribution < -0.4 is 15.4 Å². The number of alkyl halides is 3. The number of anilines is 3. The smallest absolute Gasteiger partial charge is 0.406 e. The zero-order valence-electron chi connectivity index (χ0n) is 16.4. The van der Waals surface area contributed by atoms with Gasteiger partial charge in [-0.2, -0.15) is 4.98 Å². The van der Waals surface area contributed by atoms with Crippen molar-refractivity contribution in [2.75, 3.05) is 23.8 Å². The highest BCUT2D eigenvalue weighted by Gasteiger charge is 2.31. The number of rotatable bonds is 7. The summed E-state index contributed by atoms with van der Waals surface area (Å²) < 4.78 is 41.7. The third-order valence-corrected chi connectivity index (χ3v) is 4.22. The van der Waals surface area contributed by atoms with Crippen molar-refractivity contribution in [3.8, 4) is 17.0 Å². The molecule has 30 heavy (non-hydrogen) atoms. The first-order valence-corrected chi connectivity index (χ1v) is 9.18. The molecule has 6 nitrogen and oxygen atoms in total. The van der Waals surface area contributed by atoms with Crippen LogP contribution in [-0.2, 0) is 0 Å². The van der Waals surface area contributed by atoms with Gasteiger partial charge in [0.05, 0.1) is 12.3 Å². The Kier molecular flexibility index (Phi) is 6.41. The number of aliphatic hydroxyl groups is 1. The van der Waals surface area contributed by atoms with E-state index >= 15 is 0 Å². The third-order valence-electron chi connectivity index (χ3n) is 4.22. The molecule has 0 aliphatic heterocycles. The zero-order valence-corrected chi connectivity index (χ0v) is 16.4. The fourth-order valence-corrected chi connectivity index (χ4v) is 2.90. The molecule has 158 valence electrons. The number of halogens is 3. The molecule has 0 fully saturated rings. The normalized spacial score (nSPS) is 11.3. The van der Waals surface area contributed by atoms with Gasteiger partial charge in [0.15, 0.2) is 0 Å². The molecule has 0 amide bonds. The second-order valence-corrected chi connectivity index (χ2v) is 6.58. The van der Waals surface area contributed by atoms with Crippen LogP contribution in [0.25, 0.3) is 11.3 Å². The first-order valence-electron chi connectivity index (χ1n) is 9.18. The molecule has 1 aromatic heterocycles. The lowest BCUT2D eigenvalue weighted by atomic mass is 10.1. The lowest BCUT2D eigenvalue weighted by Gasteiger charge is -2.15. The first-order chi connectivity index (χ1) is 14.2. The Morgan fingerprint density at radius 2 is 1.70 bits per heavy atom. The second-order valence-electron chi connectivity index (χ2n) is 6.58. The number of hydrogen-bond donors (Lipinski definition) is 3. The van der Waals surface area contributed by atoms with E-state index in [2.05, 4.69) is 25.3 Å². The van der Waals surface area contributed by atoms with Crippen molar-refractivity contribution in [1.29, 1.82) is 0 Å². The van der Waals surface area contributed by atoms with Crippen LogP contribution in [0.5, 0.6) is 5.75 Å². The van der Waals surface area contributed by atoms with E-state index in [1.165, 1.54) is 18.2 Å². The van der Waals surface area contributed by atoms with Gasteiger partial charge in [0.2, 0.25) is 5.95 Å². The van der Waals surface area contributed by atoms with Crippen LogP contribution in [0.3, 0.4) is 0 Å². The summed E-state index contributed by atoms with van der Waals surface area (Å²) >= 11 is 0. The largest absolute Gasteiger partial charge is 0.573 e. The van der Waals surface area contributed by atoms with Crippen molar-refractivity contribution in [2.45, 2.75) is 20.2 Å². The molecule has 1 heterocycles. The molecule has 0 saturated heterocycles. The molecule has 2 aromatic carbocycles. The first kappa shape index (κ1) is 21.4. The minimum absolute atomic E-state index is 0.123. The highest BCUT2D eigenvalue weighted by atomic mass is 19.4. The average molecular weight is 418 g/mol. The zero-order chi connectivity index (χ0) is 21.7. The molecular weight excluding hydrogens is 397 g/mol. The standard InChI is InChI=1S/C21H21F3N4O2/c1-13-5-3-6-14(2)19(13)27-18-12-17(26-20(28-18)25-9-10-29)15-7-4-8-16(11-15)30-21(22,23)24/h3-8,11-12,29H,9-10H2,1-2H3,(H2,25,26,27,28). The monoisotopic (exact) mass is 418 g/mol. The molecule has 0 aliphatic rings. The molecular formula is C21H21F3N4O2. The Bertz CT molecular complexity index is 1010. The molecule has 3 aromatic rings. The fourth-order valence-electron chi connectivity index (χ4n) is 2.90. The van der Waals surface area contributed by atoms with Crippen LogP contribution in [-0.4, -0.2) is 34.6 Å². The number of hydrogen-bond acceptors (Lipinski definition) is 6. The summed E-state index contributed by atoms with van der Waals surface area (Å²) in [5.41, 5.74) is 3.73. The van der Waals surface area contributed by atoms with Gasteiger partial charge in [0, 0.05) is 23.9 Å². The fraction of sp³-hybridized carbons (Fsp3) is 0.238. The Morgan fingerprint density at radius 1 is 1.00 bits per heavy atom. The summed E-state index contributed by atoms with van der Waals surface area (Å²) in [7, 11) is 0. The van der Waals surface area contributed by atoms with Crippen LogP contribution in [0, 0.1) is 13.8 Å². The molecule has 0 atom stereocenters. The molecule has 0 aliphatic carbocycles. The average Bonchev–Trinajstić information content (AvgIpc) is 2.68. The van der Waals surface area contributed by atoms with E-state index in [-0.39, 0.29) is 24.8 Å². The van der Waals surface area contributed by atoms with E-state index in [4.69, 9.17) is 5.11 Å². The maximum absolute atomic E-state index is 12.6. The summed E-state index contributed by atoms with van der Waals surface area (Å²) in [6, 6.07) is 13.1. The topological polar surface area (TPSA) is 79.3 Å². The van der Waals surface area contributed by atoms with E-state index in [1.807, 2.05) is 32.0 Å². The Balaban J connectivity index is 2.00. The lowest BCUT2D eigenvalue weighted by Crippen LogP contribution is -2.17. The summed E-state index contributed by atoms with van der Waals surface area (Å²) in [6.45, 7) is 4.02. The molecule has 0 radical (unpaired) electrons. The molecule has 3 rings (SSSR count). The van der Waals surface area contributed by atoms with Crippen LogP contribution in [0.1, 0.15) is 11.1 Å². The molecule has 9 heteroatoms. The van der Waals surface area contributed by atoms with Crippen LogP contribution in [0.2, 0.25) is 0 Å². The Labute approximate surface area is 171 Å². The Hall–Kier alpha value is -3.33. The minimum Gasteiger partial charge on any atom is -0.406 e. The lowest BCUT2D eigenvalue weighted by molar-refractivity contribution is -0.274. The van der Waals surface area contributed by atoms with Gasteiger partial charge < -0.3 is 20.5 Å². The quantitative estimate of drug-likeness (QED) is 0.511. The maximum atomic E-state index is 12.6. The van der Waals surface area contributed by atoms with E-state index in [0.29, 0.717) is 17.1 Å². The molecule has 3 N–H and O–H groups in total. The van der Waals surface area contributed by atoms with Crippen molar-refractivity contribution < 1.29 is 23.0 Å². The third kappa shape index (κ3) is 5.60. The van der Waals surface area contributed by atoms with Gasteiger partial charge in [-0.25, -0.2) is 4.98 Å². The van der Waals surface area contributed by atoms with Gasteiger partial charge >= 0.3 is 6.36 Å². The number of benzene rings is 2. The van der Waals surface area contributed by atoms with Gasteiger partial charge in [-0.15, -0.1) is 13.2 Å². The number of para-hydroxylation sites is 1. The van der Waals surface area contributed by atoms with Gasteiger partial charge in [-0.3, -0.25) is 0 Å². The maximum Gasteiger partial charge on any atom is 0.573 e. The van der Waals surface area contributed by atoms with Gasteiger partial charge in [0.1, 0.15) is 11.6 Å². The summed E-state index contributed by atoms with van der Waals surface area (Å²) in [5, 5.41) is 15.2. The number of aromatic nitrogens is 2. The molecule has 0 unspecified atom stereocenters. The van der Waals surface area contributed by atoms with Crippen molar-refractivity contribution in [1.82, 2.24) is 9.97 Å². The van der Waals surface area contributed by atoms with Crippen molar-refractivity contribution in [3.05, 3.63) is 59.7 Å². The van der Waals surface area contributed by atoms with Crippen LogP contribution >= 0.6 is 0 Å². The van der Waals surface area contributed by atoms with Crippen molar-refractivity contribution >= 4 is 17.5 Å². The van der Waals surface area contributed by atoms with Gasteiger partial charge in [0.25, 0.3) is 0 Å². The molecule has 0 bridgehead atoms. The SMILES string of the molecule is Cc1cccc(C)c1Nc1cc(-c2cccc(OC(F)(F)F)c2)nc(NCCO)n1. The van der Waals surface area contributed by atoms with Crippen LogP contribution in [0.4, 0.5) is 30.6 Å². The number of aryl methyl sites for hydroxylation is 2. The number of nitrogens with one attached hydrogen (secondary N) is 2. The summed E-state index contributed by atoms with van der Waals surface area (Å²) in [6.07, 6.45) is -4.78. The van der Waals surface area contributed by atoms with Gasteiger partial charge in [-0.1, -0.05) is 30.3 Å². The summed E-state index contributed by atoms with van der Waals surface area (Å²) in [4.78, 5) is 8.76.